The second-order valence-electron chi connectivity index (χ2n) is 10.2. The second kappa shape index (κ2) is 15.5. The van der Waals surface area contributed by atoms with E-state index >= 15 is 0 Å². The number of thioether (sulfide) groups is 1. The zero-order valence-corrected chi connectivity index (χ0v) is 26.9. The lowest BCUT2D eigenvalue weighted by atomic mass is 10.1. The normalized spacial score (nSPS) is 11.0. The first-order valence-electron chi connectivity index (χ1n) is 14.6. The van der Waals surface area contributed by atoms with Crippen molar-refractivity contribution in [2.45, 2.75) is 4.90 Å². The van der Waals surface area contributed by atoms with Gasteiger partial charge < -0.3 is 30.2 Å². The van der Waals surface area contributed by atoms with E-state index in [0.29, 0.717) is 34.1 Å². The summed E-state index contributed by atoms with van der Waals surface area (Å²) in [4.78, 5) is 40.1. The van der Waals surface area contributed by atoms with Gasteiger partial charge in [-0.2, -0.15) is 0 Å². The van der Waals surface area contributed by atoms with Gasteiger partial charge in [0.05, 0.1) is 27.1 Å². The lowest BCUT2D eigenvalue weighted by Gasteiger charge is -2.15. The monoisotopic (exact) mass is 647 g/mol. The topological polar surface area (TPSA) is 115 Å². The molecule has 0 saturated heterocycles. The van der Waals surface area contributed by atoms with Crippen molar-refractivity contribution in [1.29, 1.82) is 0 Å². The Labute approximate surface area is 276 Å². The summed E-state index contributed by atoms with van der Waals surface area (Å²) in [6, 6.07) is 32.8. The molecule has 0 atom stereocenters. The number of hydrogen-bond acceptors (Lipinski definition) is 7. The number of anilines is 2. The number of carbonyl (C=O) groups is 3. The number of ether oxygens (including phenoxy) is 3. The number of benzene rings is 5. The molecule has 238 valence electrons. The van der Waals surface area contributed by atoms with Crippen molar-refractivity contribution in [3.8, 4) is 17.2 Å². The molecule has 10 heteroatoms. The van der Waals surface area contributed by atoms with Crippen molar-refractivity contribution in [2.75, 3.05) is 37.7 Å². The Balaban J connectivity index is 1.28. The molecule has 0 unspecified atom stereocenters. The van der Waals surface area contributed by atoms with E-state index in [9.17, 15) is 14.4 Å². The van der Waals surface area contributed by atoms with Crippen molar-refractivity contribution >= 4 is 57.7 Å². The molecule has 5 aromatic carbocycles. The van der Waals surface area contributed by atoms with Gasteiger partial charge in [0.15, 0.2) is 11.5 Å². The third kappa shape index (κ3) is 8.50. The van der Waals surface area contributed by atoms with Crippen LogP contribution in [-0.4, -0.2) is 44.8 Å². The molecular weight excluding hydrogens is 614 g/mol. The Morgan fingerprint density at radius 2 is 1.32 bits per heavy atom. The van der Waals surface area contributed by atoms with E-state index in [1.807, 2.05) is 54.6 Å². The molecule has 0 bridgehead atoms. The molecule has 0 heterocycles. The minimum absolute atomic E-state index is 0.00283. The fourth-order valence-electron chi connectivity index (χ4n) is 4.74. The van der Waals surface area contributed by atoms with Crippen LogP contribution >= 0.6 is 11.8 Å². The first-order chi connectivity index (χ1) is 22.9. The third-order valence-electron chi connectivity index (χ3n) is 7.04. The molecule has 0 aromatic heterocycles. The minimum atomic E-state index is -0.543. The van der Waals surface area contributed by atoms with Crippen molar-refractivity contribution in [3.63, 3.8) is 0 Å². The van der Waals surface area contributed by atoms with Crippen LogP contribution in [-0.2, 0) is 9.59 Å². The summed E-state index contributed by atoms with van der Waals surface area (Å²) in [5, 5.41) is 10.7. The van der Waals surface area contributed by atoms with Crippen LogP contribution in [0.15, 0.2) is 120 Å². The van der Waals surface area contributed by atoms with Crippen LogP contribution in [0.5, 0.6) is 17.2 Å². The largest absolute Gasteiger partial charge is 0.493 e. The first kappa shape index (κ1) is 32.6. The second-order valence-corrected chi connectivity index (χ2v) is 11.3. The number of methoxy groups -OCH3 is 3. The van der Waals surface area contributed by atoms with Crippen LogP contribution in [0.1, 0.15) is 15.9 Å². The zero-order valence-electron chi connectivity index (χ0n) is 26.0. The molecule has 0 spiro atoms. The van der Waals surface area contributed by atoms with Crippen LogP contribution in [0.3, 0.4) is 0 Å². The fraction of sp³-hybridized carbons (Fsp3) is 0.108. The molecule has 5 rings (SSSR count). The lowest BCUT2D eigenvalue weighted by Crippen LogP contribution is -2.30. The Hall–Kier alpha value is -5.74. The van der Waals surface area contributed by atoms with E-state index in [4.69, 9.17) is 14.2 Å². The van der Waals surface area contributed by atoms with Crippen molar-refractivity contribution < 1.29 is 28.6 Å². The maximum absolute atomic E-state index is 13.5. The average molecular weight is 648 g/mol. The summed E-state index contributed by atoms with van der Waals surface area (Å²) in [7, 11) is 4.49. The predicted octanol–water partition coefficient (Wildman–Crippen LogP) is 7.01. The fourth-order valence-corrected chi connectivity index (χ4v) is 5.44. The van der Waals surface area contributed by atoms with Crippen LogP contribution in [0, 0.1) is 0 Å². The predicted molar refractivity (Wildman–Crippen MR) is 186 cm³/mol. The third-order valence-corrected chi connectivity index (χ3v) is 8.05. The van der Waals surface area contributed by atoms with Gasteiger partial charge in [0, 0.05) is 21.8 Å². The van der Waals surface area contributed by atoms with E-state index < -0.39 is 11.8 Å². The Morgan fingerprint density at radius 3 is 1.98 bits per heavy atom. The van der Waals surface area contributed by atoms with Crippen LogP contribution in [0.25, 0.3) is 16.8 Å². The highest BCUT2D eigenvalue weighted by molar-refractivity contribution is 8.00. The van der Waals surface area contributed by atoms with Crippen molar-refractivity contribution in [2.24, 2.45) is 0 Å². The van der Waals surface area contributed by atoms with E-state index in [1.165, 1.54) is 39.2 Å². The summed E-state index contributed by atoms with van der Waals surface area (Å²) in [6.45, 7) is 0. The van der Waals surface area contributed by atoms with Gasteiger partial charge in [-0.05, 0) is 83.1 Å². The Bertz CT molecular complexity index is 1900. The van der Waals surface area contributed by atoms with E-state index in [2.05, 4.69) is 16.0 Å². The molecule has 3 amide bonds. The van der Waals surface area contributed by atoms with Gasteiger partial charge in [0.1, 0.15) is 5.70 Å². The van der Waals surface area contributed by atoms with Crippen LogP contribution < -0.4 is 30.2 Å². The molecule has 0 aliphatic rings. The number of nitrogens with one attached hydrogen (secondary N) is 3. The quantitative estimate of drug-likeness (QED) is 0.0986. The summed E-state index contributed by atoms with van der Waals surface area (Å²) < 4.78 is 16.3. The molecular formula is C37H33N3O6S. The van der Waals surface area contributed by atoms with E-state index in [0.717, 1.165) is 21.4 Å². The summed E-state index contributed by atoms with van der Waals surface area (Å²) in [6.07, 6.45) is 1.53. The maximum atomic E-state index is 13.5. The van der Waals surface area contributed by atoms with Gasteiger partial charge in [-0.15, -0.1) is 11.8 Å². The van der Waals surface area contributed by atoms with Gasteiger partial charge in [0.25, 0.3) is 11.8 Å². The molecule has 0 saturated carbocycles. The molecule has 5 aromatic rings. The van der Waals surface area contributed by atoms with Gasteiger partial charge >= 0.3 is 0 Å². The average Bonchev–Trinajstić information content (AvgIpc) is 3.10. The smallest absolute Gasteiger partial charge is 0.272 e. The number of amides is 3. The lowest BCUT2D eigenvalue weighted by molar-refractivity contribution is -0.114. The highest BCUT2D eigenvalue weighted by Crippen LogP contribution is 2.38. The highest BCUT2D eigenvalue weighted by atomic mass is 32.2. The summed E-state index contributed by atoms with van der Waals surface area (Å²) in [5.41, 5.74) is 2.16. The minimum Gasteiger partial charge on any atom is -0.493 e. The maximum Gasteiger partial charge on any atom is 0.272 e. The van der Waals surface area contributed by atoms with Gasteiger partial charge in [0.2, 0.25) is 11.7 Å². The highest BCUT2D eigenvalue weighted by Gasteiger charge is 2.18. The first-order valence-corrected chi connectivity index (χ1v) is 15.6. The summed E-state index contributed by atoms with van der Waals surface area (Å²) >= 11 is 1.38. The van der Waals surface area contributed by atoms with Gasteiger partial charge in [-0.3, -0.25) is 14.4 Å². The van der Waals surface area contributed by atoms with E-state index in [1.54, 1.807) is 54.6 Å². The molecule has 9 nitrogen and oxygen atoms in total. The Kier molecular flexibility index (Phi) is 10.8. The standard InChI is InChI=1S/C37H33N3O6S/c1-44-32-20-24(21-33(45-2)35(32)46-3)19-31(40-36(42)26-10-5-4-6-11-26)37(43)39-28-15-17-30(18-16-28)47-23-34(41)38-29-14-13-25-9-7-8-12-27(25)22-29/h4-22H,23H2,1-3H3,(H,38,41)(H,39,43)(H,40,42)/b31-19-. The molecule has 0 fully saturated rings. The molecule has 0 aliphatic heterocycles. The molecule has 0 aliphatic carbocycles. The molecule has 3 N–H and O–H groups in total. The van der Waals surface area contributed by atoms with Crippen molar-refractivity contribution in [3.05, 3.63) is 126 Å². The van der Waals surface area contributed by atoms with Crippen LogP contribution in [0.4, 0.5) is 11.4 Å². The SMILES string of the molecule is COc1cc(/C=C(\NC(=O)c2ccccc2)C(=O)Nc2ccc(SCC(=O)Nc3ccc4ccccc4c3)cc2)cc(OC)c1OC. The zero-order chi connectivity index (χ0) is 33.2. The summed E-state index contributed by atoms with van der Waals surface area (Å²) in [5.74, 6) is 0.282. The van der Waals surface area contributed by atoms with Gasteiger partial charge in [-0.25, -0.2) is 0 Å². The molecule has 0 radical (unpaired) electrons. The van der Waals surface area contributed by atoms with Crippen LogP contribution in [0.2, 0.25) is 0 Å². The van der Waals surface area contributed by atoms with Gasteiger partial charge in [-0.1, -0.05) is 48.5 Å². The van der Waals surface area contributed by atoms with E-state index in [-0.39, 0.29) is 17.4 Å². The Morgan fingerprint density at radius 1 is 0.681 bits per heavy atom. The van der Waals surface area contributed by atoms with Crippen molar-refractivity contribution in [1.82, 2.24) is 5.32 Å². The number of rotatable bonds is 12. The number of carbonyl (C=O) groups excluding carboxylic acids is 3. The number of fused-ring (bicyclic) bond motifs is 1. The number of hydrogen-bond donors (Lipinski definition) is 3. The molecule has 47 heavy (non-hydrogen) atoms.